The number of aliphatic hydroxyl groups excluding tert-OH is 4. The lowest BCUT2D eigenvalue weighted by Crippen LogP contribution is -2.48. The van der Waals surface area contributed by atoms with Crippen molar-refractivity contribution in [2.75, 3.05) is 4.43 Å². The molecule has 0 aliphatic carbocycles. The average molecular weight is 492 g/mol. The monoisotopic (exact) mass is 492 g/mol. The highest BCUT2D eigenvalue weighted by Gasteiger charge is 2.33. The molecule has 0 amide bonds. The highest BCUT2D eigenvalue weighted by atomic mass is 127. The van der Waals surface area contributed by atoms with Crippen molar-refractivity contribution in [3.05, 3.63) is 35.9 Å². The number of hydrogen-bond donors (Lipinski definition) is 4. The van der Waals surface area contributed by atoms with Crippen LogP contribution in [0.2, 0.25) is 0 Å². The fourth-order valence-corrected chi connectivity index (χ4v) is 3.15. The highest BCUT2D eigenvalue weighted by Crippen LogP contribution is 2.19. The van der Waals surface area contributed by atoms with Gasteiger partial charge >= 0.3 is 0 Å². The molecule has 0 saturated heterocycles. The van der Waals surface area contributed by atoms with Crippen LogP contribution in [0.1, 0.15) is 5.56 Å². The summed E-state index contributed by atoms with van der Waals surface area (Å²) in [4.78, 5) is 0. The van der Waals surface area contributed by atoms with E-state index in [1.165, 1.54) is 0 Å². The fraction of sp³-hybridized carbons (Fsp3) is 0.538. The predicted octanol–water partition coefficient (Wildman–Crippen LogP) is 0.911. The van der Waals surface area contributed by atoms with Gasteiger partial charge in [0.25, 0.3) is 0 Å². The molecule has 0 aromatic heterocycles. The van der Waals surface area contributed by atoms with Gasteiger partial charge in [0.2, 0.25) is 0 Å². The molecule has 108 valence electrons. The zero-order valence-electron chi connectivity index (χ0n) is 10.2. The maximum Gasteiger partial charge on any atom is 0.109 e. The number of aliphatic hydroxyl groups is 4. The maximum atomic E-state index is 10.0. The van der Waals surface area contributed by atoms with Gasteiger partial charge in [-0.2, -0.15) is 0 Å². The standard InChI is InChI=1S/C13H18I2O4/c14-7-10(16)12(18)13(19)11(17)9(15)6-8-4-2-1-3-5-8/h1-5,9-13,16-19H,6-7H2. The summed E-state index contributed by atoms with van der Waals surface area (Å²) >= 11 is 3.97. The molecule has 0 heterocycles. The molecule has 4 nitrogen and oxygen atoms in total. The summed E-state index contributed by atoms with van der Waals surface area (Å²) in [6, 6.07) is 9.63. The first-order valence-electron chi connectivity index (χ1n) is 5.93. The maximum absolute atomic E-state index is 10.0. The third kappa shape index (κ3) is 5.43. The lowest BCUT2D eigenvalue weighted by Gasteiger charge is -2.28. The SMILES string of the molecule is OC(CI)C(O)C(O)C(O)C(I)Cc1ccccc1. The smallest absolute Gasteiger partial charge is 0.109 e. The van der Waals surface area contributed by atoms with Gasteiger partial charge in [-0.25, -0.2) is 0 Å². The number of halogens is 2. The van der Waals surface area contributed by atoms with Gasteiger partial charge in [0.05, 0.1) is 12.2 Å². The van der Waals surface area contributed by atoms with Gasteiger partial charge < -0.3 is 20.4 Å². The van der Waals surface area contributed by atoms with Crippen molar-refractivity contribution < 1.29 is 20.4 Å². The Morgan fingerprint density at radius 2 is 1.47 bits per heavy atom. The Labute approximate surface area is 140 Å². The van der Waals surface area contributed by atoms with Gasteiger partial charge in [-0.3, -0.25) is 0 Å². The largest absolute Gasteiger partial charge is 0.390 e. The second kappa shape index (κ2) is 8.73. The predicted molar refractivity (Wildman–Crippen MR) is 90.9 cm³/mol. The lowest BCUT2D eigenvalue weighted by atomic mass is 9.98. The molecule has 0 radical (unpaired) electrons. The van der Waals surface area contributed by atoms with Crippen molar-refractivity contribution in [3.8, 4) is 0 Å². The van der Waals surface area contributed by atoms with Gasteiger partial charge in [-0.1, -0.05) is 75.5 Å². The third-order valence-electron chi connectivity index (χ3n) is 2.90. The molecular formula is C13H18I2O4. The van der Waals surface area contributed by atoms with Crippen LogP contribution in [0.4, 0.5) is 0 Å². The van der Waals surface area contributed by atoms with E-state index in [0.717, 1.165) is 5.56 Å². The van der Waals surface area contributed by atoms with E-state index >= 15 is 0 Å². The summed E-state index contributed by atoms with van der Waals surface area (Å²) in [5.41, 5.74) is 1.05. The zero-order chi connectivity index (χ0) is 14.4. The Balaban J connectivity index is 2.58. The summed E-state index contributed by atoms with van der Waals surface area (Å²) in [6.45, 7) is 0. The van der Waals surface area contributed by atoms with Crippen LogP contribution in [0.15, 0.2) is 30.3 Å². The van der Waals surface area contributed by atoms with Gasteiger partial charge in [0.1, 0.15) is 12.2 Å². The van der Waals surface area contributed by atoms with Crippen molar-refractivity contribution in [1.82, 2.24) is 0 Å². The zero-order valence-corrected chi connectivity index (χ0v) is 14.5. The Hall–Kier alpha value is 0.520. The average Bonchev–Trinajstić information content (AvgIpc) is 2.44. The number of hydrogen-bond acceptors (Lipinski definition) is 4. The first kappa shape index (κ1) is 17.6. The van der Waals surface area contributed by atoms with Crippen LogP contribution >= 0.6 is 45.2 Å². The van der Waals surface area contributed by atoms with Crippen molar-refractivity contribution >= 4 is 45.2 Å². The minimum absolute atomic E-state index is 0.244. The second-order valence-corrected chi connectivity index (χ2v) is 6.88. The highest BCUT2D eigenvalue weighted by molar-refractivity contribution is 14.1. The summed E-state index contributed by atoms with van der Waals surface area (Å²) in [5, 5.41) is 39.1. The van der Waals surface area contributed by atoms with Crippen LogP contribution in [0.5, 0.6) is 0 Å². The molecule has 5 atom stereocenters. The molecule has 0 bridgehead atoms. The Kier molecular flexibility index (Phi) is 8.07. The molecule has 0 aliphatic rings. The minimum Gasteiger partial charge on any atom is -0.390 e. The van der Waals surface area contributed by atoms with Crippen molar-refractivity contribution in [3.63, 3.8) is 0 Å². The van der Waals surface area contributed by atoms with Gasteiger partial charge in [-0.15, -0.1) is 0 Å². The molecule has 1 aromatic rings. The van der Waals surface area contributed by atoms with E-state index in [4.69, 9.17) is 0 Å². The van der Waals surface area contributed by atoms with Crippen LogP contribution < -0.4 is 0 Å². The lowest BCUT2D eigenvalue weighted by molar-refractivity contribution is -0.0966. The molecule has 0 saturated carbocycles. The van der Waals surface area contributed by atoms with Crippen LogP contribution in [0, 0.1) is 0 Å². The molecule has 0 fully saturated rings. The molecule has 4 N–H and O–H groups in total. The Morgan fingerprint density at radius 3 is 2.00 bits per heavy atom. The molecule has 1 rings (SSSR count). The fourth-order valence-electron chi connectivity index (χ4n) is 1.69. The van der Waals surface area contributed by atoms with E-state index in [2.05, 4.69) is 22.6 Å². The van der Waals surface area contributed by atoms with Gasteiger partial charge in [0, 0.05) is 8.35 Å². The minimum atomic E-state index is -1.35. The van der Waals surface area contributed by atoms with Crippen molar-refractivity contribution in [2.24, 2.45) is 0 Å². The number of rotatable bonds is 7. The van der Waals surface area contributed by atoms with E-state index in [1.54, 1.807) is 0 Å². The molecule has 6 heteroatoms. The van der Waals surface area contributed by atoms with E-state index in [9.17, 15) is 20.4 Å². The Morgan fingerprint density at radius 1 is 0.895 bits per heavy atom. The van der Waals surface area contributed by atoms with E-state index in [-0.39, 0.29) is 3.92 Å². The van der Waals surface area contributed by atoms with E-state index < -0.39 is 24.4 Å². The van der Waals surface area contributed by atoms with E-state index in [0.29, 0.717) is 10.8 Å². The van der Waals surface area contributed by atoms with Gasteiger partial charge in [0.15, 0.2) is 0 Å². The summed E-state index contributed by atoms with van der Waals surface area (Å²) in [5.74, 6) is 0. The quantitative estimate of drug-likeness (QED) is 0.337. The second-order valence-electron chi connectivity index (χ2n) is 4.40. The summed E-state index contributed by atoms with van der Waals surface area (Å²) in [6.07, 6.45) is -4.22. The van der Waals surface area contributed by atoms with Crippen LogP contribution in [-0.4, -0.2) is 53.2 Å². The van der Waals surface area contributed by atoms with Crippen LogP contribution in [0.3, 0.4) is 0 Å². The van der Waals surface area contributed by atoms with Gasteiger partial charge in [-0.05, 0) is 12.0 Å². The summed E-state index contributed by atoms with van der Waals surface area (Å²) in [7, 11) is 0. The molecule has 0 aliphatic heterocycles. The first-order valence-corrected chi connectivity index (χ1v) is 8.70. The van der Waals surface area contributed by atoms with Crippen molar-refractivity contribution in [1.29, 1.82) is 0 Å². The number of benzene rings is 1. The molecular weight excluding hydrogens is 474 g/mol. The van der Waals surface area contributed by atoms with Crippen molar-refractivity contribution in [2.45, 2.75) is 34.8 Å². The topological polar surface area (TPSA) is 80.9 Å². The molecule has 0 spiro atoms. The Bertz CT molecular complexity index is 363. The molecule has 1 aromatic carbocycles. The summed E-state index contributed by atoms with van der Waals surface area (Å²) < 4.78 is 0.0545. The first-order chi connectivity index (χ1) is 8.97. The molecule has 19 heavy (non-hydrogen) atoms. The number of alkyl halides is 2. The van der Waals surface area contributed by atoms with Crippen LogP contribution in [0.25, 0.3) is 0 Å². The third-order valence-corrected chi connectivity index (χ3v) is 4.98. The van der Waals surface area contributed by atoms with Crippen LogP contribution in [-0.2, 0) is 6.42 Å². The molecule has 5 unspecified atom stereocenters. The van der Waals surface area contributed by atoms with E-state index in [1.807, 2.05) is 52.9 Å². The normalized spacial score (nSPS) is 19.5.